The van der Waals surface area contributed by atoms with Gasteiger partial charge >= 0.3 is 0 Å². The normalized spacial score (nSPS) is 47.3. The van der Waals surface area contributed by atoms with Crippen LogP contribution in [0, 0.1) is 34.0 Å². The molecule has 1 spiro atoms. The first kappa shape index (κ1) is 21.8. The van der Waals surface area contributed by atoms with Gasteiger partial charge in [-0.3, -0.25) is 4.79 Å². The summed E-state index contributed by atoms with van der Waals surface area (Å²) in [5.41, 5.74) is -1.63. The van der Waals surface area contributed by atoms with E-state index in [0.717, 1.165) is 30.5 Å². The maximum Gasteiger partial charge on any atom is 0.157 e. The fraction of sp³-hybridized carbons (Fsp3) is 0.769. The Morgan fingerprint density at radius 3 is 2.68 bits per heavy atom. The van der Waals surface area contributed by atoms with Crippen LogP contribution in [-0.2, 0) is 9.53 Å². The Morgan fingerprint density at radius 2 is 2.06 bits per heavy atom. The van der Waals surface area contributed by atoms with Crippen LogP contribution in [0.15, 0.2) is 23.5 Å². The number of hydrogen-bond acceptors (Lipinski definition) is 4. The number of carbonyl (C=O) groups is 1. The van der Waals surface area contributed by atoms with E-state index >= 15 is 4.39 Å². The molecular weight excluding hydrogens is 411 g/mol. The monoisotopic (exact) mass is 446 g/mol. The van der Waals surface area contributed by atoms with Crippen molar-refractivity contribution in [2.24, 2.45) is 34.0 Å². The summed E-state index contributed by atoms with van der Waals surface area (Å²) in [4.78, 5) is 12.1. The molecule has 0 saturated heterocycles. The molecule has 0 heterocycles. The number of aliphatic hydroxyl groups is 1. The molecule has 5 rings (SSSR count). The fourth-order valence-electron chi connectivity index (χ4n) is 8.61. The van der Waals surface area contributed by atoms with Crippen LogP contribution in [0.25, 0.3) is 0 Å². The maximum absolute atomic E-state index is 17.6. The van der Waals surface area contributed by atoms with E-state index in [1.807, 2.05) is 19.9 Å². The molecular formula is C26H35FO3S. The largest absolute Gasteiger partial charge is 0.498 e. The molecule has 3 fully saturated rings. The van der Waals surface area contributed by atoms with E-state index in [4.69, 9.17) is 17.0 Å². The smallest absolute Gasteiger partial charge is 0.157 e. The molecule has 0 aliphatic heterocycles. The molecule has 5 aliphatic rings. The lowest BCUT2D eigenvalue weighted by atomic mass is 9.40. The highest BCUT2D eigenvalue weighted by atomic mass is 32.1. The standard InChI is InChI=1S/C26H35FO3S/c1-4-30-17-6-10-23(2)16(12-17)13-18(20(31)15-28)22-19-7-11-25(8-5-9-25)24(19,3)14-21(29)26(22,23)27/h12-13,15,18-19,21-22,29H,4-11,14H2,1-3H3/t18-,19-,21-,22-,23-,24-,26+/m0/s1. The fourth-order valence-corrected chi connectivity index (χ4v) is 8.83. The number of allylic oxidation sites excluding steroid dienone is 4. The van der Waals surface area contributed by atoms with Crippen molar-refractivity contribution in [1.82, 2.24) is 0 Å². The number of rotatable bonds is 4. The topological polar surface area (TPSA) is 46.5 Å². The third-order valence-electron chi connectivity index (χ3n) is 10.5. The zero-order valence-electron chi connectivity index (χ0n) is 19.0. The summed E-state index contributed by atoms with van der Waals surface area (Å²) in [6, 6.07) is 0. The van der Waals surface area contributed by atoms with E-state index in [2.05, 4.69) is 13.0 Å². The number of fused-ring (bicyclic) bond motifs is 6. The lowest BCUT2D eigenvalue weighted by Crippen LogP contribution is -2.70. The van der Waals surface area contributed by atoms with Crippen molar-refractivity contribution < 1.29 is 19.0 Å². The third-order valence-corrected chi connectivity index (χ3v) is 10.9. The number of thiocarbonyl (C=S) groups is 1. The van der Waals surface area contributed by atoms with Crippen LogP contribution in [0.2, 0.25) is 0 Å². The van der Waals surface area contributed by atoms with Crippen LogP contribution in [-0.4, -0.2) is 34.6 Å². The van der Waals surface area contributed by atoms with Crippen molar-refractivity contribution in [3.8, 4) is 0 Å². The highest BCUT2D eigenvalue weighted by Crippen LogP contribution is 2.76. The minimum atomic E-state index is -1.80. The Morgan fingerprint density at radius 1 is 1.32 bits per heavy atom. The molecule has 3 nitrogen and oxygen atoms in total. The Labute approximate surface area is 190 Å². The molecule has 0 aromatic carbocycles. The third kappa shape index (κ3) is 2.54. The van der Waals surface area contributed by atoms with Gasteiger partial charge in [0.1, 0.15) is 5.67 Å². The highest BCUT2D eigenvalue weighted by Gasteiger charge is 2.74. The van der Waals surface area contributed by atoms with Gasteiger partial charge in [-0.05, 0) is 73.8 Å². The van der Waals surface area contributed by atoms with E-state index in [1.165, 1.54) is 19.3 Å². The van der Waals surface area contributed by atoms with Crippen molar-refractivity contribution in [3.05, 3.63) is 23.5 Å². The van der Waals surface area contributed by atoms with E-state index in [0.29, 0.717) is 25.9 Å². The zero-order chi connectivity index (χ0) is 22.2. The van der Waals surface area contributed by atoms with Crippen molar-refractivity contribution in [2.45, 2.75) is 83.9 Å². The maximum atomic E-state index is 17.6. The van der Waals surface area contributed by atoms with Crippen molar-refractivity contribution in [3.63, 3.8) is 0 Å². The molecule has 3 saturated carbocycles. The van der Waals surface area contributed by atoms with Crippen molar-refractivity contribution >= 4 is 23.4 Å². The van der Waals surface area contributed by atoms with Crippen LogP contribution in [0.3, 0.4) is 0 Å². The van der Waals surface area contributed by atoms with E-state index in [-0.39, 0.29) is 21.6 Å². The summed E-state index contributed by atoms with van der Waals surface area (Å²) in [5.74, 6) is 0.0893. The second-order valence-corrected chi connectivity index (χ2v) is 11.7. The second-order valence-electron chi connectivity index (χ2n) is 11.3. The average molecular weight is 447 g/mol. The van der Waals surface area contributed by atoms with Gasteiger partial charge in [-0.15, -0.1) is 0 Å². The van der Waals surface area contributed by atoms with Crippen LogP contribution in [0.4, 0.5) is 4.39 Å². The van der Waals surface area contributed by atoms with E-state index in [1.54, 1.807) is 0 Å². The summed E-state index contributed by atoms with van der Waals surface area (Å²) >= 11 is 5.53. The summed E-state index contributed by atoms with van der Waals surface area (Å²) in [6.07, 6.45) is 11.1. The summed E-state index contributed by atoms with van der Waals surface area (Å²) < 4.78 is 23.4. The Kier molecular flexibility index (Phi) is 4.89. The first-order valence-electron chi connectivity index (χ1n) is 12.1. The first-order chi connectivity index (χ1) is 14.7. The van der Waals surface area contributed by atoms with Gasteiger partial charge in [-0.1, -0.05) is 38.6 Å². The van der Waals surface area contributed by atoms with Gasteiger partial charge in [-0.2, -0.15) is 0 Å². The number of halogens is 1. The number of hydrogen-bond donors (Lipinski definition) is 1. The van der Waals surface area contributed by atoms with Gasteiger partial charge in [0, 0.05) is 23.7 Å². The predicted octanol–water partition coefficient (Wildman–Crippen LogP) is 5.51. The SMILES string of the molecule is CCOC1=CC2=C[C@@H](C(=S)C=O)[C@H]3[C@@H]4CCC5(CCC5)[C@@]4(C)C[C@H](O)[C@]3(F)[C@@]2(C)CC1. The van der Waals surface area contributed by atoms with E-state index in [9.17, 15) is 9.90 Å². The van der Waals surface area contributed by atoms with Crippen molar-refractivity contribution in [2.75, 3.05) is 6.61 Å². The molecule has 0 unspecified atom stereocenters. The Balaban J connectivity index is 1.68. The van der Waals surface area contributed by atoms with Crippen LogP contribution in [0.1, 0.15) is 72.1 Å². The number of aldehydes is 1. The molecule has 170 valence electrons. The molecule has 0 aromatic rings. The van der Waals surface area contributed by atoms with Crippen LogP contribution >= 0.6 is 12.2 Å². The lowest BCUT2D eigenvalue weighted by Gasteiger charge is -2.66. The quantitative estimate of drug-likeness (QED) is 0.457. The molecule has 5 heteroatoms. The summed E-state index contributed by atoms with van der Waals surface area (Å²) in [5, 5.41) is 11.6. The van der Waals surface area contributed by atoms with Gasteiger partial charge < -0.3 is 9.84 Å². The molecule has 0 amide bonds. The summed E-state index contributed by atoms with van der Waals surface area (Å²) in [6.45, 7) is 6.79. The van der Waals surface area contributed by atoms with Crippen LogP contribution < -0.4 is 0 Å². The molecule has 0 radical (unpaired) electrons. The number of aliphatic hydroxyl groups excluding tert-OH is 1. The molecule has 0 aromatic heterocycles. The number of ether oxygens (including phenoxy) is 1. The zero-order valence-corrected chi connectivity index (χ0v) is 19.8. The average Bonchev–Trinajstić information content (AvgIpc) is 3.01. The predicted molar refractivity (Wildman–Crippen MR) is 122 cm³/mol. The highest BCUT2D eigenvalue weighted by molar-refractivity contribution is 7.81. The van der Waals surface area contributed by atoms with Crippen molar-refractivity contribution in [1.29, 1.82) is 0 Å². The molecule has 0 bridgehead atoms. The van der Waals surface area contributed by atoms with Gasteiger partial charge in [-0.25, -0.2) is 4.39 Å². The summed E-state index contributed by atoms with van der Waals surface area (Å²) in [7, 11) is 0. The number of carbonyl (C=O) groups excluding carboxylic acids is 1. The lowest BCUT2D eigenvalue weighted by molar-refractivity contribution is -0.222. The Hall–Kier alpha value is -1.07. The minimum Gasteiger partial charge on any atom is -0.498 e. The molecule has 31 heavy (non-hydrogen) atoms. The van der Waals surface area contributed by atoms with Gasteiger partial charge in [0.25, 0.3) is 0 Å². The van der Waals surface area contributed by atoms with Gasteiger partial charge in [0.2, 0.25) is 0 Å². The second kappa shape index (κ2) is 6.96. The minimum absolute atomic E-state index is 0.0929. The molecule has 1 N–H and O–H groups in total. The van der Waals surface area contributed by atoms with Gasteiger partial charge in [0.05, 0.1) is 23.3 Å². The van der Waals surface area contributed by atoms with Gasteiger partial charge in [0.15, 0.2) is 6.29 Å². The molecule has 7 atom stereocenters. The first-order valence-corrected chi connectivity index (χ1v) is 12.5. The molecule has 5 aliphatic carbocycles. The number of alkyl halides is 1. The Bertz CT molecular complexity index is 876. The van der Waals surface area contributed by atoms with E-state index < -0.39 is 29.0 Å². The van der Waals surface area contributed by atoms with Crippen LogP contribution in [0.5, 0.6) is 0 Å².